The van der Waals surface area contributed by atoms with Crippen molar-refractivity contribution in [2.24, 2.45) is 5.73 Å². The number of nitrogens with two attached hydrogens (primary N) is 1. The van der Waals surface area contributed by atoms with Crippen LogP contribution in [-0.4, -0.2) is 19.7 Å². The maximum absolute atomic E-state index is 12.1. The molecule has 0 radical (unpaired) electrons. The third-order valence-corrected chi connectivity index (χ3v) is 3.87. The summed E-state index contributed by atoms with van der Waals surface area (Å²) in [5, 5.41) is 0. The molecule has 1 atom stereocenters. The predicted octanol–water partition coefficient (Wildman–Crippen LogP) is 2.46. The number of hydrogen-bond acceptors (Lipinski definition) is 4. The molecule has 3 rings (SSSR count). The summed E-state index contributed by atoms with van der Waals surface area (Å²) in [5.41, 5.74) is 7.92. The fourth-order valence-electron chi connectivity index (χ4n) is 2.67. The molecule has 0 saturated heterocycles. The average Bonchev–Trinajstić information content (AvgIpc) is 2.55. The van der Waals surface area contributed by atoms with Gasteiger partial charge in [-0.05, 0) is 23.3 Å². The standard InChI is InChI=1S/C17H17NO3/c1-20-16(19)17(18)9-10-21-15-8-7-13(11-14(15)17)12-5-3-2-4-6-12/h2-8,11H,9-10,18H2,1H3. The lowest BCUT2D eigenvalue weighted by molar-refractivity contribution is -0.148. The number of ether oxygens (including phenoxy) is 2. The molecule has 2 aromatic carbocycles. The minimum atomic E-state index is -1.15. The molecular weight excluding hydrogens is 266 g/mol. The van der Waals surface area contributed by atoms with Crippen LogP contribution in [0.15, 0.2) is 48.5 Å². The molecule has 108 valence electrons. The van der Waals surface area contributed by atoms with Gasteiger partial charge in [0.1, 0.15) is 11.3 Å². The van der Waals surface area contributed by atoms with Gasteiger partial charge in [-0.15, -0.1) is 0 Å². The van der Waals surface area contributed by atoms with Gasteiger partial charge < -0.3 is 15.2 Å². The van der Waals surface area contributed by atoms with Gasteiger partial charge in [0.15, 0.2) is 0 Å². The normalized spacial score (nSPS) is 20.3. The third kappa shape index (κ3) is 2.28. The molecule has 0 aliphatic carbocycles. The van der Waals surface area contributed by atoms with Gasteiger partial charge in [0.2, 0.25) is 0 Å². The molecule has 0 bridgehead atoms. The number of carbonyl (C=O) groups excluding carboxylic acids is 1. The molecule has 0 fully saturated rings. The highest BCUT2D eigenvalue weighted by atomic mass is 16.5. The molecule has 0 aromatic heterocycles. The molecule has 1 heterocycles. The van der Waals surface area contributed by atoms with Crippen LogP contribution >= 0.6 is 0 Å². The van der Waals surface area contributed by atoms with Crippen LogP contribution in [0.1, 0.15) is 12.0 Å². The van der Waals surface area contributed by atoms with E-state index in [1.54, 1.807) is 0 Å². The molecule has 21 heavy (non-hydrogen) atoms. The van der Waals surface area contributed by atoms with E-state index in [-0.39, 0.29) is 0 Å². The van der Waals surface area contributed by atoms with Crippen LogP contribution in [0.5, 0.6) is 5.75 Å². The summed E-state index contributed by atoms with van der Waals surface area (Å²) in [6.45, 7) is 0.406. The van der Waals surface area contributed by atoms with E-state index in [2.05, 4.69) is 0 Å². The molecule has 2 aromatic rings. The van der Waals surface area contributed by atoms with E-state index in [1.165, 1.54) is 7.11 Å². The average molecular weight is 283 g/mol. The number of benzene rings is 2. The molecular formula is C17H17NO3. The molecule has 4 heteroatoms. The quantitative estimate of drug-likeness (QED) is 0.860. The van der Waals surface area contributed by atoms with Crippen molar-refractivity contribution in [2.45, 2.75) is 12.0 Å². The van der Waals surface area contributed by atoms with Crippen molar-refractivity contribution >= 4 is 5.97 Å². The lowest BCUT2D eigenvalue weighted by Gasteiger charge is -2.33. The summed E-state index contributed by atoms with van der Waals surface area (Å²) in [7, 11) is 1.35. The zero-order valence-corrected chi connectivity index (χ0v) is 11.8. The Bertz CT molecular complexity index is 669. The largest absolute Gasteiger partial charge is 0.493 e. The highest BCUT2D eigenvalue weighted by Crippen LogP contribution is 2.38. The Kier molecular flexibility index (Phi) is 3.39. The smallest absolute Gasteiger partial charge is 0.330 e. The number of carbonyl (C=O) groups is 1. The van der Waals surface area contributed by atoms with Gasteiger partial charge in [-0.2, -0.15) is 0 Å². The second-order valence-corrected chi connectivity index (χ2v) is 5.14. The maximum atomic E-state index is 12.1. The second kappa shape index (κ2) is 5.22. The van der Waals surface area contributed by atoms with Gasteiger partial charge in [-0.3, -0.25) is 0 Å². The summed E-state index contributed by atoms with van der Waals surface area (Å²) in [4.78, 5) is 12.1. The van der Waals surface area contributed by atoms with Gasteiger partial charge >= 0.3 is 5.97 Å². The molecule has 0 saturated carbocycles. The van der Waals surface area contributed by atoms with E-state index in [1.807, 2.05) is 48.5 Å². The van der Waals surface area contributed by atoms with Gasteiger partial charge in [0.25, 0.3) is 0 Å². The van der Waals surface area contributed by atoms with Crippen molar-refractivity contribution in [1.29, 1.82) is 0 Å². The molecule has 1 aliphatic heterocycles. The van der Waals surface area contributed by atoms with Crippen molar-refractivity contribution in [2.75, 3.05) is 13.7 Å². The third-order valence-electron chi connectivity index (χ3n) is 3.87. The summed E-state index contributed by atoms with van der Waals surface area (Å²) in [6.07, 6.45) is 0.408. The lowest BCUT2D eigenvalue weighted by atomic mass is 9.84. The van der Waals surface area contributed by atoms with Crippen molar-refractivity contribution < 1.29 is 14.3 Å². The SMILES string of the molecule is COC(=O)C1(N)CCOc2ccc(-c3ccccc3)cc21. The van der Waals surface area contributed by atoms with Crippen LogP contribution in [0.25, 0.3) is 11.1 Å². The molecule has 0 amide bonds. The fourth-order valence-corrected chi connectivity index (χ4v) is 2.67. The van der Waals surface area contributed by atoms with Crippen LogP contribution in [0, 0.1) is 0 Å². The Hall–Kier alpha value is -2.33. The van der Waals surface area contributed by atoms with E-state index >= 15 is 0 Å². The minimum absolute atomic E-state index is 0.406. The maximum Gasteiger partial charge on any atom is 0.330 e. The first kappa shape index (κ1) is 13.6. The number of methoxy groups -OCH3 is 1. The highest BCUT2D eigenvalue weighted by molar-refractivity contribution is 5.84. The Labute approximate surface area is 123 Å². The summed E-state index contributed by atoms with van der Waals surface area (Å²) < 4.78 is 10.5. The number of esters is 1. The predicted molar refractivity (Wildman–Crippen MR) is 79.9 cm³/mol. The second-order valence-electron chi connectivity index (χ2n) is 5.14. The van der Waals surface area contributed by atoms with E-state index in [4.69, 9.17) is 15.2 Å². The monoisotopic (exact) mass is 283 g/mol. The Morgan fingerprint density at radius 2 is 1.95 bits per heavy atom. The van der Waals surface area contributed by atoms with E-state index in [9.17, 15) is 4.79 Å². The number of rotatable bonds is 2. The summed E-state index contributed by atoms with van der Waals surface area (Å²) in [6, 6.07) is 15.7. The zero-order chi connectivity index (χ0) is 14.9. The Morgan fingerprint density at radius 1 is 1.19 bits per heavy atom. The first-order chi connectivity index (χ1) is 10.1. The molecule has 0 spiro atoms. The van der Waals surface area contributed by atoms with E-state index in [0.717, 1.165) is 11.1 Å². The molecule has 2 N–H and O–H groups in total. The highest BCUT2D eigenvalue weighted by Gasteiger charge is 2.42. The number of fused-ring (bicyclic) bond motifs is 1. The van der Waals surface area contributed by atoms with Gasteiger partial charge in [0, 0.05) is 12.0 Å². The fraction of sp³-hybridized carbons (Fsp3) is 0.235. The number of hydrogen-bond donors (Lipinski definition) is 1. The van der Waals surface area contributed by atoms with Crippen LogP contribution in [0.4, 0.5) is 0 Å². The van der Waals surface area contributed by atoms with Crippen LogP contribution < -0.4 is 10.5 Å². The molecule has 1 aliphatic rings. The van der Waals surface area contributed by atoms with Crippen LogP contribution in [0.2, 0.25) is 0 Å². The Balaban J connectivity index is 2.12. The van der Waals surface area contributed by atoms with Gasteiger partial charge in [-0.25, -0.2) is 4.79 Å². The van der Waals surface area contributed by atoms with Crippen molar-refractivity contribution in [1.82, 2.24) is 0 Å². The molecule has 4 nitrogen and oxygen atoms in total. The molecule has 1 unspecified atom stereocenters. The minimum Gasteiger partial charge on any atom is -0.493 e. The topological polar surface area (TPSA) is 61.5 Å². The van der Waals surface area contributed by atoms with Crippen molar-refractivity contribution in [3.63, 3.8) is 0 Å². The first-order valence-corrected chi connectivity index (χ1v) is 6.85. The van der Waals surface area contributed by atoms with Crippen molar-refractivity contribution in [3.8, 4) is 16.9 Å². The Morgan fingerprint density at radius 3 is 2.67 bits per heavy atom. The zero-order valence-electron chi connectivity index (χ0n) is 11.8. The van der Waals surface area contributed by atoms with Crippen LogP contribution in [0.3, 0.4) is 0 Å². The van der Waals surface area contributed by atoms with Crippen molar-refractivity contribution in [3.05, 3.63) is 54.1 Å². The van der Waals surface area contributed by atoms with E-state index in [0.29, 0.717) is 24.3 Å². The summed E-state index contributed by atoms with van der Waals surface area (Å²) >= 11 is 0. The lowest BCUT2D eigenvalue weighted by Crippen LogP contribution is -2.49. The van der Waals surface area contributed by atoms with Crippen LogP contribution in [-0.2, 0) is 15.1 Å². The van der Waals surface area contributed by atoms with Gasteiger partial charge in [-0.1, -0.05) is 36.4 Å². The van der Waals surface area contributed by atoms with Gasteiger partial charge in [0.05, 0.1) is 13.7 Å². The van der Waals surface area contributed by atoms with E-state index < -0.39 is 11.5 Å². The first-order valence-electron chi connectivity index (χ1n) is 6.85. The summed E-state index contributed by atoms with van der Waals surface area (Å²) in [5.74, 6) is 0.214.